The summed E-state index contributed by atoms with van der Waals surface area (Å²) in [5.41, 5.74) is 0.242. The monoisotopic (exact) mass is 281 g/mol. The molecule has 2 aliphatic rings. The third-order valence-electron chi connectivity index (χ3n) is 3.83. The molecule has 0 saturated carbocycles. The number of benzene rings is 1. The summed E-state index contributed by atoms with van der Waals surface area (Å²) in [7, 11) is 0. The highest BCUT2D eigenvalue weighted by Crippen LogP contribution is 2.31. The lowest BCUT2D eigenvalue weighted by Gasteiger charge is -2.43. The van der Waals surface area contributed by atoms with Gasteiger partial charge in [-0.3, -0.25) is 4.79 Å². The smallest absolute Gasteiger partial charge is 0.256 e. The Morgan fingerprint density at radius 3 is 2.68 bits per heavy atom. The van der Waals surface area contributed by atoms with Gasteiger partial charge in [-0.1, -0.05) is 23.7 Å². The lowest BCUT2D eigenvalue weighted by molar-refractivity contribution is -0.0550. The second-order valence-electron chi connectivity index (χ2n) is 5.02. The largest absolute Gasteiger partial charge is 0.379 e. The molecular formula is C14H16ClNO3. The van der Waals surface area contributed by atoms with Crippen molar-refractivity contribution in [3.63, 3.8) is 0 Å². The van der Waals surface area contributed by atoms with E-state index in [0.29, 0.717) is 43.6 Å². The summed E-state index contributed by atoms with van der Waals surface area (Å²) in [5, 5.41) is 0.494. The SMILES string of the molecule is O=C(c1ccccc1Cl)N1CCOCC12CCOC2. The Hall–Kier alpha value is -1.10. The van der Waals surface area contributed by atoms with E-state index in [2.05, 4.69) is 0 Å². The van der Waals surface area contributed by atoms with Gasteiger partial charge in [-0.2, -0.15) is 0 Å². The summed E-state index contributed by atoms with van der Waals surface area (Å²) in [5.74, 6) is -0.0283. The third-order valence-corrected chi connectivity index (χ3v) is 4.16. The minimum Gasteiger partial charge on any atom is -0.379 e. The molecule has 1 atom stereocenters. The molecule has 0 radical (unpaired) electrons. The molecule has 0 aliphatic carbocycles. The van der Waals surface area contributed by atoms with Crippen LogP contribution in [0.4, 0.5) is 0 Å². The fraction of sp³-hybridized carbons (Fsp3) is 0.500. The molecule has 1 aromatic rings. The van der Waals surface area contributed by atoms with Crippen LogP contribution in [0.1, 0.15) is 16.8 Å². The van der Waals surface area contributed by atoms with Gasteiger partial charge in [0.25, 0.3) is 5.91 Å². The molecule has 3 rings (SSSR count). The second-order valence-corrected chi connectivity index (χ2v) is 5.42. The first-order chi connectivity index (χ1) is 9.23. The fourth-order valence-corrected chi connectivity index (χ4v) is 2.97. The predicted octanol–water partition coefficient (Wildman–Crippen LogP) is 1.97. The number of nitrogens with zero attached hydrogens (tertiary/aromatic N) is 1. The van der Waals surface area contributed by atoms with Crippen molar-refractivity contribution in [3.05, 3.63) is 34.9 Å². The molecule has 2 heterocycles. The van der Waals surface area contributed by atoms with Gasteiger partial charge in [0.2, 0.25) is 0 Å². The minimum atomic E-state index is -0.311. The Labute approximate surface area is 117 Å². The van der Waals surface area contributed by atoms with Gasteiger partial charge in [0.15, 0.2) is 0 Å². The number of amides is 1. The summed E-state index contributed by atoms with van der Waals surface area (Å²) in [6, 6.07) is 7.17. The zero-order chi connectivity index (χ0) is 13.3. The van der Waals surface area contributed by atoms with Gasteiger partial charge in [-0.05, 0) is 18.6 Å². The molecular weight excluding hydrogens is 266 g/mol. The van der Waals surface area contributed by atoms with E-state index >= 15 is 0 Å². The van der Waals surface area contributed by atoms with Crippen molar-refractivity contribution in [1.82, 2.24) is 4.90 Å². The van der Waals surface area contributed by atoms with Gasteiger partial charge in [0.1, 0.15) is 0 Å². The molecule has 19 heavy (non-hydrogen) atoms. The fourth-order valence-electron chi connectivity index (χ4n) is 2.75. The topological polar surface area (TPSA) is 38.8 Å². The Bertz CT molecular complexity index is 485. The van der Waals surface area contributed by atoms with Gasteiger partial charge in [-0.25, -0.2) is 0 Å². The molecule has 1 amide bonds. The summed E-state index contributed by atoms with van der Waals surface area (Å²) in [6.45, 7) is 2.92. The molecule has 2 fully saturated rings. The molecule has 1 unspecified atom stereocenters. The maximum Gasteiger partial charge on any atom is 0.256 e. The highest BCUT2D eigenvalue weighted by molar-refractivity contribution is 6.33. The third kappa shape index (κ3) is 2.24. The maximum absolute atomic E-state index is 12.7. The average Bonchev–Trinajstić information content (AvgIpc) is 2.88. The van der Waals surface area contributed by atoms with Crippen LogP contribution in [0.2, 0.25) is 5.02 Å². The van der Waals surface area contributed by atoms with Crippen LogP contribution in [0.15, 0.2) is 24.3 Å². The lowest BCUT2D eigenvalue weighted by Crippen LogP contribution is -2.59. The van der Waals surface area contributed by atoms with Crippen LogP contribution in [0.5, 0.6) is 0 Å². The highest BCUT2D eigenvalue weighted by Gasteiger charge is 2.45. The van der Waals surface area contributed by atoms with E-state index in [4.69, 9.17) is 21.1 Å². The highest BCUT2D eigenvalue weighted by atomic mass is 35.5. The molecule has 1 spiro atoms. The van der Waals surface area contributed by atoms with E-state index in [1.165, 1.54) is 0 Å². The van der Waals surface area contributed by atoms with Crippen LogP contribution in [-0.2, 0) is 9.47 Å². The first-order valence-corrected chi connectivity index (χ1v) is 6.83. The molecule has 0 bridgehead atoms. The standard InChI is InChI=1S/C14H16ClNO3/c15-12-4-2-1-3-11(12)13(17)16-6-8-19-10-14(16)5-7-18-9-14/h1-4H,5-10H2. The van der Waals surface area contributed by atoms with Gasteiger partial charge >= 0.3 is 0 Å². The number of hydrogen-bond acceptors (Lipinski definition) is 3. The van der Waals surface area contributed by atoms with Crippen LogP contribution >= 0.6 is 11.6 Å². The summed E-state index contributed by atoms with van der Waals surface area (Å²) < 4.78 is 11.0. The van der Waals surface area contributed by atoms with E-state index in [1.54, 1.807) is 12.1 Å². The summed E-state index contributed by atoms with van der Waals surface area (Å²) in [4.78, 5) is 14.6. The average molecular weight is 282 g/mol. The Balaban J connectivity index is 1.91. The van der Waals surface area contributed by atoms with Crippen molar-refractivity contribution >= 4 is 17.5 Å². The molecule has 0 aromatic heterocycles. The number of ether oxygens (including phenoxy) is 2. The quantitative estimate of drug-likeness (QED) is 0.790. The molecule has 102 valence electrons. The number of morpholine rings is 1. The minimum absolute atomic E-state index is 0.0283. The van der Waals surface area contributed by atoms with Crippen LogP contribution in [0, 0.1) is 0 Å². The van der Waals surface area contributed by atoms with Crippen LogP contribution in [-0.4, -0.2) is 49.3 Å². The Morgan fingerprint density at radius 2 is 1.95 bits per heavy atom. The van der Waals surface area contributed by atoms with Crippen molar-refractivity contribution in [2.24, 2.45) is 0 Å². The molecule has 1 aromatic carbocycles. The van der Waals surface area contributed by atoms with Crippen molar-refractivity contribution < 1.29 is 14.3 Å². The van der Waals surface area contributed by atoms with E-state index in [1.807, 2.05) is 17.0 Å². The van der Waals surface area contributed by atoms with Gasteiger partial charge in [0, 0.05) is 13.2 Å². The van der Waals surface area contributed by atoms with E-state index < -0.39 is 0 Å². The van der Waals surface area contributed by atoms with Crippen LogP contribution < -0.4 is 0 Å². The molecule has 5 heteroatoms. The van der Waals surface area contributed by atoms with Crippen LogP contribution in [0.3, 0.4) is 0 Å². The Morgan fingerprint density at radius 1 is 1.21 bits per heavy atom. The molecule has 2 saturated heterocycles. The van der Waals surface area contributed by atoms with E-state index in [0.717, 1.165) is 6.42 Å². The number of hydrogen-bond donors (Lipinski definition) is 0. The normalized spacial score (nSPS) is 26.9. The second kappa shape index (κ2) is 5.12. The van der Waals surface area contributed by atoms with Gasteiger partial charge in [-0.15, -0.1) is 0 Å². The first kappa shape index (κ1) is 12.9. The van der Waals surface area contributed by atoms with E-state index in [9.17, 15) is 4.79 Å². The number of carbonyl (C=O) groups excluding carboxylic acids is 1. The number of halogens is 1. The van der Waals surface area contributed by atoms with Gasteiger partial charge < -0.3 is 14.4 Å². The predicted molar refractivity (Wildman–Crippen MR) is 71.5 cm³/mol. The lowest BCUT2D eigenvalue weighted by atomic mass is 9.94. The molecule has 2 aliphatic heterocycles. The van der Waals surface area contributed by atoms with Gasteiger partial charge in [0.05, 0.1) is 35.9 Å². The zero-order valence-corrected chi connectivity index (χ0v) is 11.4. The van der Waals surface area contributed by atoms with Crippen LogP contribution in [0.25, 0.3) is 0 Å². The molecule has 0 N–H and O–H groups in total. The van der Waals surface area contributed by atoms with E-state index in [-0.39, 0.29) is 11.4 Å². The van der Waals surface area contributed by atoms with Crippen molar-refractivity contribution in [2.75, 3.05) is 33.0 Å². The summed E-state index contributed by atoms with van der Waals surface area (Å²) >= 11 is 6.12. The first-order valence-electron chi connectivity index (χ1n) is 6.45. The van der Waals surface area contributed by atoms with Crippen molar-refractivity contribution in [3.8, 4) is 0 Å². The summed E-state index contributed by atoms with van der Waals surface area (Å²) in [6.07, 6.45) is 0.823. The molecule has 4 nitrogen and oxygen atoms in total. The zero-order valence-electron chi connectivity index (χ0n) is 10.6. The Kier molecular flexibility index (Phi) is 3.48. The number of carbonyl (C=O) groups is 1. The van der Waals surface area contributed by atoms with Crippen molar-refractivity contribution in [1.29, 1.82) is 0 Å². The van der Waals surface area contributed by atoms with Crippen molar-refractivity contribution in [2.45, 2.75) is 12.0 Å². The maximum atomic E-state index is 12.7. The number of rotatable bonds is 1.